The SMILES string of the molecule is COc1ccc(C)cc1N1CCN(C2CC3CCC2C3)CC1.COc1ccccc1N1CCN(CC2CCC3CCC2C3)CC1.Cc1ccccc1N1CCN(C2CC3CCC2C3)CC1.Clc1ccccc1N1CCN(CC2CC3CCC2C3)CC1.Fc1ccccc1N1CCN(C2CC3CCC2C3)CC1. The summed E-state index contributed by atoms with van der Waals surface area (Å²) in [6.07, 6.45) is 31.4. The number of hydrogen-bond donors (Lipinski definition) is 0. The zero-order valence-electron chi connectivity index (χ0n) is 65.6. The Morgan fingerprint density at radius 3 is 1.19 bits per heavy atom. The number of aryl methyl sites for hydroxylation is 2. The van der Waals surface area contributed by atoms with Gasteiger partial charge in [-0.25, -0.2) is 4.39 Å². The van der Waals surface area contributed by atoms with Crippen LogP contribution in [0.4, 0.5) is 32.8 Å². The van der Waals surface area contributed by atoms with Crippen molar-refractivity contribution in [2.24, 2.45) is 71.0 Å². The van der Waals surface area contributed by atoms with E-state index in [0.29, 0.717) is 0 Å². The topological polar surface area (TPSA) is 50.9 Å². The summed E-state index contributed by atoms with van der Waals surface area (Å²) in [6.45, 7) is 30.1. The van der Waals surface area contributed by atoms with Gasteiger partial charge in [-0.2, -0.15) is 0 Å². The number of benzene rings is 5. The molecule has 106 heavy (non-hydrogen) atoms. The summed E-state index contributed by atoms with van der Waals surface area (Å²) in [4.78, 5) is 25.9. The van der Waals surface area contributed by atoms with E-state index in [1.165, 1.54) is 247 Å². The van der Waals surface area contributed by atoms with Gasteiger partial charge in [0.15, 0.2) is 0 Å². The van der Waals surface area contributed by atoms with Crippen molar-refractivity contribution < 1.29 is 13.9 Å². The molecule has 0 radical (unpaired) electrons. The van der Waals surface area contributed by atoms with Crippen LogP contribution in [0.5, 0.6) is 11.5 Å². The molecule has 14 heteroatoms. The lowest BCUT2D eigenvalue weighted by Gasteiger charge is -2.42. The summed E-state index contributed by atoms with van der Waals surface area (Å²) in [6, 6.07) is 41.8. The second-order valence-electron chi connectivity index (χ2n) is 36.1. The molecule has 5 saturated heterocycles. The number of nitrogens with zero attached hydrogens (tertiary/aromatic N) is 10. The number of para-hydroxylation sites is 5. The number of methoxy groups -OCH3 is 2. The minimum atomic E-state index is -0.0825. The molecular formula is C92H132ClFN10O2. The second kappa shape index (κ2) is 35.0. The molecule has 5 aliphatic heterocycles. The summed E-state index contributed by atoms with van der Waals surface area (Å²) in [7, 11) is 3.55. The zero-order chi connectivity index (χ0) is 72.0. The van der Waals surface area contributed by atoms with Crippen molar-refractivity contribution in [3.8, 4) is 11.5 Å². The third kappa shape index (κ3) is 17.6. The minimum absolute atomic E-state index is 0.0825. The average Bonchev–Trinajstić information content (AvgIpc) is 1.64. The molecule has 5 aromatic rings. The number of fused-ring (bicyclic) bond motifs is 10. The Bertz CT molecular complexity index is 3510. The van der Waals surface area contributed by atoms with Gasteiger partial charge in [0.2, 0.25) is 0 Å². The lowest BCUT2D eigenvalue weighted by Crippen LogP contribution is -2.52. The van der Waals surface area contributed by atoms with Crippen LogP contribution in [0.3, 0.4) is 0 Å². The highest BCUT2D eigenvalue weighted by Gasteiger charge is 2.47. The Morgan fingerprint density at radius 1 is 0.330 bits per heavy atom. The first-order valence-electron chi connectivity index (χ1n) is 43.2. The van der Waals surface area contributed by atoms with Crippen molar-refractivity contribution in [3.05, 3.63) is 137 Å². The summed E-state index contributed by atoms with van der Waals surface area (Å²) < 4.78 is 24.9. The van der Waals surface area contributed by atoms with E-state index < -0.39 is 0 Å². The van der Waals surface area contributed by atoms with Crippen LogP contribution in [0.1, 0.15) is 146 Å². The Hall–Kier alpha value is -5.28. The van der Waals surface area contributed by atoms with Crippen LogP contribution in [0.15, 0.2) is 115 Å². The van der Waals surface area contributed by atoms with Crippen LogP contribution in [-0.2, 0) is 0 Å². The number of rotatable bonds is 14. The summed E-state index contributed by atoms with van der Waals surface area (Å²) in [5.74, 6) is 14.3. The highest BCUT2D eigenvalue weighted by molar-refractivity contribution is 6.33. The molecule has 5 aromatic carbocycles. The van der Waals surface area contributed by atoms with Gasteiger partial charge in [-0.15, -0.1) is 0 Å². The first-order valence-corrected chi connectivity index (χ1v) is 43.6. The van der Waals surface area contributed by atoms with Gasteiger partial charge in [0.1, 0.15) is 17.3 Å². The van der Waals surface area contributed by atoms with E-state index in [1.54, 1.807) is 26.4 Å². The molecule has 0 aromatic heterocycles. The molecule has 0 amide bonds. The Kier molecular flexibility index (Phi) is 24.7. The fraction of sp³-hybridized carbons (Fsp3) is 0.674. The molecule has 15 fully saturated rings. The van der Waals surface area contributed by atoms with E-state index in [-0.39, 0.29) is 5.82 Å². The number of anilines is 5. The molecule has 20 rings (SSSR count). The van der Waals surface area contributed by atoms with Gasteiger partial charge in [0, 0.05) is 168 Å². The summed E-state index contributed by atoms with van der Waals surface area (Å²) in [5.41, 5.74) is 8.69. The van der Waals surface area contributed by atoms with Gasteiger partial charge in [-0.1, -0.05) is 111 Å². The van der Waals surface area contributed by atoms with Crippen LogP contribution in [0, 0.1) is 90.7 Å². The van der Waals surface area contributed by atoms with E-state index in [1.807, 2.05) is 24.3 Å². The van der Waals surface area contributed by atoms with Crippen molar-refractivity contribution in [1.82, 2.24) is 24.5 Å². The number of hydrogen-bond acceptors (Lipinski definition) is 12. The molecule has 15 atom stereocenters. The molecule has 10 saturated carbocycles. The monoisotopic (exact) mass is 1460 g/mol. The smallest absolute Gasteiger partial charge is 0.146 e. The van der Waals surface area contributed by atoms with E-state index in [0.717, 1.165) is 177 Å². The molecule has 10 bridgehead atoms. The molecule has 0 N–H and O–H groups in total. The number of ether oxygens (including phenoxy) is 2. The van der Waals surface area contributed by atoms with Gasteiger partial charge in [0.25, 0.3) is 0 Å². The van der Waals surface area contributed by atoms with Crippen LogP contribution in [-0.4, -0.2) is 201 Å². The first kappa shape index (κ1) is 74.8. The van der Waals surface area contributed by atoms with Crippen LogP contribution >= 0.6 is 11.6 Å². The van der Waals surface area contributed by atoms with Crippen LogP contribution in [0.25, 0.3) is 0 Å². The van der Waals surface area contributed by atoms with Crippen molar-refractivity contribution >= 4 is 40.0 Å². The quantitative estimate of drug-likeness (QED) is 0.106. The van der Waals surface area contributed by atoms with E-state index in [4.69, 9.17) is 21.1 Å². The Labute approximate surface area is 644 Å². The summed E-state index contributed by atoms with van der Waals surface area (Å²) >= 11 is 6.32. The van der Waals surface area contributed by atoms with E-state index in [9.17, 15) is 4.39 Å². The Balaban J connectivity index is 0.000000102. The summed E-state index contributed by atoms with van der Waals surface area (Å²) in [5, 5.41) is 0.888. The maximum absolute atomic E-state index is 13.8. The van der Waals surface area contributed by atoms with E-state index in [2.05, 4.69) is 142 Å². The zero-order valence-corrected chi connectivity index (χ0v) is 66.3. The number of halogens is 2. The van der Waals surface area contributed by atoms with Crippen molar-refractivity contribution in [1.29, 1.82) is 0 Å². The minimum Gasteiger partial charge on any atom is -0.495 e. The molecule has 12 nitrogen and oxygen atoms in total. The third-order valence-corrected chi connectivity index (χ3v) is 30.5. The maximum Gasteiger partial charge on any atom is 0.146 e. The Morgan fingerprint density at radius 2 is 0.708 bits per heavy atom. The van der Waals surface area contributed by atoms with Crippen LogP contribution in [0.2, 0.25) is 5.02 Å². The normalized spacial score (nSPS) is 32.7. The molecule has 0 spiro atoms. The van der Waals surface area contributed by atoms with Crippen molar-refractivity contribution in [2.75, 3.05) is 183 Å². The second-order valence-corrected chi connectivity index (χ2v) is 36.5. The molecule has 15 unspecified atom stereocenters. The molecular weight excluding hydrogens is 1330 g/mol. The fourth-order valence-electron chi connectivity index (χ4n) is 24.5. The predicted molar refractivity (Wildman–Crippen MR) is 439 cm³/mol. The highest BCUT2D eigenvalue weighted by atomic mass is 35.5. The standard InChI is InChI=1S/C20H30N2O.C19H28N2O.C18H25ClN2.C18H26N2.C17H23FN2/c1-23-20-5-3-2-4-19(20)22-12-10-21(11-13-22)15-18-9-7-16-6-8-17(18)14-16;1-14-3-6-19(22-2)18(11-14)21-9-7-20(8-10-21)17-13-15-4-5-16(17)12-15;19-17-3-1-2-4-18(17)21-9-7-20(8-10-21)13-16-12-14-5-6-15(16)11-14;1-14-4-2-3-5-17(14)19-8-10-20(11-9-19)18-13-15-6-7-16(18)12-15;18-15-3-1-2-4-16(15)19-7-9-20(10-8-19)17-12-13-5-6-14(17)11-13/h2-5,16-18H,6-15H2,1H3;3,6,11,15-17H,4-5,7-10,12-13H2,1-2H3;1-4,14-16H,5-13H2;2-5,15-16,18H,6-13H2,1H3;1-4,13-14,17H,5-12H2. The largest absolute Gasteiger partial charge is 0.495 e. The lowest BCUT2D eigenvalue weighted by atomic mass is 9.79. The van der Waals surface area contributed by atoms with Gasteiger partial charge in [-0.3, -0.25) is 24.5 Å². The van der Waals surface area contributed by atoms with Gasteiger partial charge >= 0.3 is 0 Å². The third-order valence-electron chi connectivity index (χ3n) is 30.2. The van der Waals surface area contributed by atoms with Gasteiger partial charge in [0.05, 0.1) is 42.0 Å². The fourth-order valence-corrected chi connectivity index (χ4v) is 24.7. The van der Waals surface area contributed by atoms with Crippen LogP contribution < -0.4 is 34.0 Å². The molecule has 15 aliphatic rings. The molecule has 5 heterocycles. The average molecular weight is 1460 g/mol. The van der Waals surface area contributed by atoms with Gasteiger partial charge < -0.3 is 34.0 Å². The lowest BCUT2D eigenvalue weighted by molar-refractivity contribution is 0.134. The van der Waals surface area contributed by atoms with E-state index >= 15 is 0 Å². The number of piperazine rings is 5. The molecule has 10 aliphatic carbocycles. The maximum atomic E-state index is 13.8. The first-order chi connectivity index (χ1) is 52.0. The van der Waals surface area contributed by atoms with Gasteiger partial charge in [-0.05, 0) is 247 Å². The van der Waals surface area contributed by atoms with Crippen molar-refractivity contribution in [3.63, 3.8) is 0 Å². The van der Waals surface area contributed by atoms with Crippen molar-refractivity contribution in [2.45, 2.75) is 167 Å². The predicted octanol–water partition coefficient (Wildman–Crippen LogP) is 17.3. The molecule has 576 valence electrons. The highest BCUT2D eigenvalue weighted by Crippen LogP contribution is 2.52.